The highest BCUT2D eigenvalue weighted by Crippen LogP contribution is 2.13. The Labute approximate surface area is 81.3 Å². The van der Waals surface area contributed by atoms with E-state index in [4.69, 9.17) is 0 Å². The van der Waals surface area contributed by atoms with E-state index in [0.717, 1.165) is 5.92 Å². The first-order valence-corrected chi connectivity index (χ1v) is 4.93. The van der Waals surface area contributed by atoms with Crippen LogP contribution in [0.15, 0.2) is 36.4 Å². The van der Waals surface area contributed by atoms with Crippen molar-refractivity contribution >= 4 is 6.08 Å². The van der Waals surface area contributed by atoms with Crippen molar-refractivity contribution in [1.82, 2.24) is 0 Å². The molecule has 1 atom stereocenters. The molecule has 70 valence electrons. The van der Waals surface area contributed by atoms with E-state index in [1.807, 2.05) is 6.07 Å². The number of benzene rings is 1. The van der Waals surface area contributed by atoms with Crippen LogP contribution < -0.4 is 0 Å². The van der Waals surface area contributed by atoms with Gasteiger partial charge in [0.25, 0.3) is 0 Å². The van der Waals surface area contributed by atoms with E-state index in [1.165, 1.54) is 5.56 Å². The van der Waals surface area contributed by atoms with Crippen LogP contribution in [0.2, 0.25) is 0 Å². The summed E-state index contributed by atoms with van der Waals surface area (Å²) >= 11 is 0. The molecule has 0 saturated heterocycles. The van der Waals surface area contributed by atoms with Crippen LogP contribution in [0.5, 0.6) is 0 Å². The molecule has 0 radical (unpaired) electrons. The van der Waals surface area contributed by atoms with Gasteiger partial charge in [0.15, 0.2) is 0 Å². The van der Waals surface area contributed by atoms with Gasteiger partial charge in [-0.15, -0.1) is 0 Å². The SMILES string of the molecule is CC(C)C(C)/C=C/c1ccccc1. The zero-order valence-electron chi connectivity index (χ0n) is 8.70. The van der Waals surface area contributed by atoms with E-state index in [-0.39, 0.29) is 0 Å². The fraction of sp³-hybridized carbons (Fsp3) is 0.385. The van der Waals surface area contributed by atoms with Gasteiger partial charge in [-0.2, -0.15) is 0 Å². The third kappa shape index (κ3) is 3.45. The first-order valence-electron chi connectivity index (χ1n) is 4.93. The van der Waals surface area contributed by atoms with Crippen molar-refractivity contribution in [2.75, 3.05) is 0 Å². The Kier molecular flexibility index (Phi) is 3.75. The lowest BCUT2D eigenvalue weighted by Gasteiger charge is -2.09. The Bertz CT molecular complexity index is 257. The van der Waals surface area contributed by atoms with E-state index >= 15 is 0 Å². The molecule has 0 heteroatoms. The van der Waals surface area contributed by atoms with E-state index in [2.05, 4.69) is 57.2 Å². The minimum absolute atomic E-state index is 0.653. The summed E-state index contributed by atoms with van der Waals surface area (Å²) in [4.78, 5) is 0. The molecule has 0 aliphatic heterocycles. The van der Waals surface area contributed by atoms with Crippen molar-refractivity contribution in [3.63, 3.8) is 0 Å². The number of rotatable bonds is 3. The quantitative estimate of drug-likeness (QED) is 0.650. The molecule has 0 aliphatic carbocycles. The summed E-state index contributed by atoms with van der Waals surface area (Å²) in [6.45, 7) is 6.75. The van der Waals surface area contributed by atoms with Crippen LogP contribution in [-0.4, -0.2) is 0 Å². The van der Waals surface area contributed by atoms with E-state index in [9.17, 15) is 0 Å². The molecule has 1 rings (SSSR count). The maximum absolute atomic E-state index is 2.28. The Morgan fingerprint density at radius 2 is 1.62 bits per heavy atom. The van der Waals surface area contributed by atoms with Crippen molar-refractivity contribution in [3.8, 4) is 0 Å². The average Bonchev–Trinajstić information content (AvgIpc) is 2.15. The van der Waals surface area contributed by atoms with Gasteiger partial charge in [0.05, 0.1) is 0 Å². The van der Waals surface area contributed by atoms with Crippen molar-refractivity contribution in [2.24, 2.45) is 11.8 Å². The summed E-state index contributed by atoms with van der Waals surface area (Å²) in [7, 11) is 0. The minimum atomic E-state index is 0.653. The third-order valence-corrected chi connectivity index (χ3v) is 2.44. The largest absolute Gasteiger partial charge is 0.0808 e. The molecule has 0 saturated carbocycles. The lowest BCUT2D eigenvalue weighted by molar-refractivity contribution is 0.506. The van der Waals surface area contributed by atoms with Crippen LogP contribution in [-0.2, 0) is 0 Å². The van der Waals surface area contributed by atoms with Crippen LogP contribution in [0, 0.1) is 11.8 Å². The predicted molar refractivity (Wildman–Crippen MR) is 59.5 cm³/mol. The highest BCUT2D eigenvalue weighted by atomic mass is 14.1. The van der Waals surface area contributed by atoms with Gasteiger partial charge >= 0.3 is 0 Å². The Morgan fingerprint density at radius 3 is 2.15 bits per heavy atom. The van der Waals surface area contributed by atoms with E-state index < -0.39 is 0 Å². The standard InChI is InChI=1S/C13H18/c1-11(2)12(3)9-10-13-7-5-4-6-8-13/h4-12H,1-3H3/b10-9+. The number of hydrogen-bond acceptors (Lipinski definition) is 0. The molecule has 13 heavy (non-hydrogen) atoms. The van der Waals surface area contributed by atoms with Crippen molar-refractivity contribution in [2.45, 2.75) is 20.8 Å². The van der Waals surface area contributed by atoms with Gasteiger partial charge < -0.3 is 0 Å². The summed E-state index contributed by atoms with van der Waals surface area (Å²) in [6, 6.07) is 10.4. The van der Waals surface area contributed by atoms with Gasteiger partial charge in [-0.1, -0.05) is 63.3 Å². The van der Waals surface area contributed by atoms with Gasteiger partial charge in [0, 0.05) is 0 Å². The fourth-order valence-corrected chi connectivity index (χ4v) is 1.05. The summed E-state index contributed by atoms with van der Waals surface area (Å²) < 4.78 is 0. The zero-order valence-corrected chi connectivity index (χ0v) is 8.70. The van der Waals surface area contributed by atoms with Gasteiger partial charge in [-0.25, -0.2) is 0 Å². The molecular weight excluding hydrogens is 156 g/mol. The maximum Gasteiger partial charge on any atom is -0.0236 e. The Balaban J connectivity index is 2.59. The molecule has 0 N–H and O–H groups in total. The summed E-state index contributed by atoms with van der Waals surface area (Å²) in [5.74, 6) is 1.38. The van der Waals surface area contributed by atoms with Crippen LogP contribution in [0.3, 0.4) is 0 Å². The second kappa shape index (κ2) is 4.86. The van der Waals surface area contributed by atoms with Crippen LogP contribution in [0.1, 0.15) is 26.3 Å². The van der Waals surface area contributed by atoms with Gasteiger partial charge in [-0.3, -0.25) is 0 Å². The van der Waals surface area contributed by atoms with Gasteiger partial charge in [0.1, 0.15) is 0 Å². The first-order chi connectivity index (χ1) is 6.20. The molecule has 0 aliphatic rings. The smallest absolute Gasteiger partial charge is 0.0236 e. The van der Waals surface area contributed by atoms with Crippen LogP contribution >= 0.6 is 0 Å². The molecule has 0 amide bonds. The molecule has 0 spiro atoms. The molecule has 0 fully saturated rings. The Hall–Kier alpha value is -1.04. The molecule has 0 nitrogen and oxygen atoms in total. The summed E-state index contributed by atoms with van der Waals surface area (Å²) in [5, 5.41) is 0. The minimum Gasteiger partial charge on any atom is -0.0808 e. The normalized spacial score (nSPS) is 13.8. The highest BCUT2D eigenvalue weighted by molar-refractivity contribution is 5.48. The van der Waals surface area contributed by atoms with Gasteiger partial charge in [0.2, 0.25) is 0 Å². The van der Waals surface area contributed by atoms with Crippen molar-refractivity contribution in [3.05, 3.63) is 42.0 Å². The summed E-state index contributed by atoms with van der Waals surface area (Å²) in [6.07, 6.45) is 4.48. The molecule has 1 unspecified atom stereocenters. The topological polar surface area (TPSA) is 0 Å². The third-order valence-electron chi connectivity index (χ3n) is 2.44. The molecule has 0 bridgehead atoms. The summed E-state index contributed by atoms with van der Waals surface area (Å²) in [5.41, 5.74) is 1.29. The van der Waals surface area contributed by atoms with Crippen LogP contribution in [0.25, 0.3) is 6.08 Å². The average molecular weight is 174 g/mol. The second-order valence-corrected chi connectivity index (χ2v) is 3.87. The number of allylic oxidation sites excluding steroid dienone is 1. The molecule has 1 aromatic rings. The van der Waals surface area contributed by atoms with Gasteiger partial charge in [-0.05, 0) is 17.4 Å². The van der Waals surface area contributed by atoms with Crippen molar-refractivity contribution in [1.29, 1.82) is 0 Å². The Morgan fingerprint density at radius 1 is 1.00 bits per heavy atom. The fourth-order valence-electron chi connectivity index (χ4n) is 1.05. The molecule has 0 aromatic heterocycles. The zero-order chi connectivity index (χ0) is 9.68. The number of hydrogen-bond donors (Lipinski definition) is 0. The first kappa shape index (κ1) is 10.0. The lowest BCUT2D eigenvalue weighted by atomic mass is 9.97. The molecule has 0 heterocycles. The van der Waals surface area contributed by atoms with E-state index in [1.54, 1.807) is 0 Å². The molecule has 1 aromatic carbocycles. The lowest BCUT2D eigenvalue weighted by Crippen LogP contribution is -1.98. The highest BCUT2D eigenvalue weighted by Gasteiger charge is 2.00. The van der Waals surface area contributed by atoms with E-state index in [0.29, 0.717) is 5.92 Å². The van der Waals surface area contributed by atoms with Crippen molar-refractivity contribution < 1.29 is 0 Å². The molecular formula is C13H18. The predicted octanol–water partition coefficient (Wildman–Crippen LogP) is 3.99. The monoisotopic (exact) mass is 174 g/mol. The maximum atomic E-state index is 2.28. The second-order valence-electron chi connectivity index (χ2n) is 3.87. The van der Waals surface area contributed by atoms with Crippen LogP contribution in [0.4, 0.5) is 0 Å².